The average Bonchev–Trinajstić information content (AvgIpc) is 3.01. The molecule has 0 aromatic rings. The van der Waals surface area contributed by atoms with Crippen molar-refractivity contribution in [3.8, 4) is 0 Å². The average molecular weight is 639 g/mol. The highest BCUT2D eigenvalue weighted by Crippen LogP contribution is 2.16. The van der Waals surface area contributed by atoms with Crippen molar-refractivity contribution in [1.29, 1.82) is 0 Å². The summed E-state index contributed by atoms with van der Waals surface area (Å²) in [5.74, 6) is 0.713. The van der Waals surface area contributed by atoms with Gasteiger partial charge in [0.15, 0.2) is 6.10 Å². The van der Waals surface area contributed by atoms with Gasteiger partial charge < -0.3 is 14.2 Å². The summed E-state index contributed by atoms with van der Waals surface area (Å²) in [6, 6.07) is 0. The van der Waals surface area contributed by atoms with Crippen molar-refractivity contribution in [2.75, 3.05) is 13.2 Å². The summed E-state index contributed by atoms with van der Waals surface area (Å²) in [4.78, 5) is 37.3. The Morgan fingerprint density at radius 2 is 0.844 bits per heavy atom. The topological polar surface area (TPSA) is 78.9 Å². The second-order valence-electron chi connectivity index (χ2n) is 13.9. The van der Waals surface area contributed by atoms with Crippen LogP contribution in [-0.2, 0) is 28.6 Å². The van der Waals surface area contributed by atoms with Gasteiger partial charge in [0, 0.05) is 19.3 Å². The van der Waals surface area contributed by atoms with Crippen molar-refractivity contribution in [2.45, 2.75) is 208 Å². The number of hydrogen-bond donors (Lipinski definition) is 0. The molecule has 0 spiro atoms. The van der Waals surface area contributed by atoms with Gasteiger partial charge in [0.1, 0.15) is 13.2 Å². The molecular formula is C39H74O6. The van der Waals surface area contributed by atoms with Crippen LogP contribution >= 0.6 is 0 Å². The minimum Gasteiger partial charge on any atom is -0.462 e. The highest BCUT2D eigenvalue weighted by Gasteiger charge is 2.19. The van der Waals surface area contributed by atoms with E-state index in [1.807, 2.05) is 0 Å². The quantitative estimate of drug-likeness (QED) is 0.0404. The van der Waals surface area contributed by atoms with Crippen LogP contribution in [0.5, 0.6) is 0 Å². The molecule has 0 heterocycles. The van der Waals surface area contributed by atoms with Crippen molar-refractivity contribution >= 4 is 17.9 Å². The van der Waals surface area contributed by atoms with Gasteiger partial charge in [0.25, 0.3) is 0 Å². The molecule has 0 saturated heterocycles. The van der Waals surface area contributed by atoms with Crippen LogP contribution in [-0.4, -0.2) is 37.2 Å². The lowest BCUT2D eigenvalue weighted by Crippen LogP contribution is -2.30. The maximum absolute atomic E-state index is 12.6. The third kappa shape index (κ3) is 32.2. The molecule has 0 amide bonds. The Bertz CT molecular complexity index is 691. The van der Waals surface area contributed by atoms with Crippen LogP contribution in [0.15, 0.2) is 0 Å². The van der Waals surface area contributed by atoms with Crippen LogP contribution in [0.2, 0.25) is 0 Å². The predicted octanol–water partition coefficient (Wildman–Crippen LogP) is 11.5. The summed E-state index contributed by atoms with van der Waals surface area (Å²) < 4.78 is 16.5. The van der Waals surface area contributed by atoms with Crippen LogP contribution in [0.1, 0.15) is 202 Å². The number of ether oxygens (including phenoxy) is 3. The van der Waals surface area contributed by atoms with E-state index in [0.29, 0.717) is 19.3 Å². The summed E-state index contributed by atoms with van der Waals surface area (Å²) in [5.41, 5.74) is 0. The Kier molecular flexibility index (Phi) is 31.2. The Labute approximate surface area is 278 Å². The van der Waals surface area contributed by atoms with Crippen LogP contribution in [0, 0.1) is 11.8 Å². The first-order valence-corrected chi connectivity index (χ1v) is 19.3. The van der Waals surface area contributed by atoms with Gasteiger partial charge in [-0.15, -0.1) is 0 Å². The van der Waals surface area contributed by atoms with Gasteiger partial charge in [-0.1, -0.05) is 163 Å². The molecule has 2 atom stereocenters. The summed E-state index contributed by atoms with van der Waals surface area (Å²) in [6.45, 7) is 11.2. The molecule has 0 aromatic heterocycles. The summed E-state index contributed by atoms with van der Waals surface area (Å²) in [7, 11) is 0. The fraction of sp³-hybridized carbons (Fsp3) is 0.923. The smallest absolute Gasteiger partial charge is 0.306 e. The minimum atomic E-state index is -0.758. The van der Waals surface area contributed by atoms with Gasteiger partial charge >= 0.3 is 17.9 Å². The van der Waals surface area contributed by atoms with E-state index < -0.39 is 6.10 Å². The van der Waals surface area contributed by atoms with Gasteiger partial charge in [-0.3, -0.25) is 14.4 Å². The molecule has 0 saturated carbocycles. The van der Waals surface area contributed by atoms with Crippen molar-refractivity contribution in [1.82, 2.24) is 0 Å². The van der Waals surface area contributed by atoms with E-state index in [9.17, 15) is 14.4 Å². The molecule has 6 heteroatoms. The van der Waals surface area contributed by atoms with Gasteiger partial charge in [0.2, 0.25) is 0 Å². The fourth-order valence-corrected chi connectivity index (χ4v) is 5.48. The Balaban J connectivity index is 4.37. The molecular weight excluding hydrogens is 564 g/mol. The first kappa shape index (κ1) is 43.4. The molecule has 1 unspecified atom stereocenters. The zero-order chi connectivity index (χ0) is 33.4. The Morgan fingerprint density at radius 1 is 0.467 bits per heavy atom. The largest absolute Gasteiger partial charge is 0.462 e. The molecule has 6 nitrogen and oxygen atoms in total. The highest BCUT2D eigenvalue weighted by molar-refractivity contribution is 5.71. The maximum atomic E-state index is 12.6. The van der Waals surface area contributed by atoms with E-state index in [2.05, 4.69) is 34.6 Å². The molecule has 266 valence electrons. The summed E-state index contributed by atoms with van der Waals surface area (Å²) >= 11 is 0. The molecule has 0 aliphatic carbocycles. The first-order valence-electron chi connectivity index (χ1n) is 19.3. The Hall–Kier alpha value is -1.59. The summed E-state index contributed by atoms with van der Waals surface area (Å²) in [5, 5.41) is 0. The van der Waals surface area contributed by atoms with Crippen LogP contribution in [0.4, 0.5) is 0 Å². The number of unbranched alkanes of at least 4 members (excludes halogenated alkanes) is 17. The van der Waals surface area contributed by atoms with Gasteiger partial charge in [-0.05, 0) is 31.1 Å². The van der Waals surface area contributed by atoms with E-state index in [-0.39, 0.29) is 31.1 Å². The van der Waals surface area contributed by atoms with E-state index in [4.69, 9.17) is 14.2 Å². The molecule has 0 aliphatic heterocycles. The van der Waals surface area contributed by atoms with Crippen LogP contribution < -0.4 is 0 Å². The van der Waals surface area contributed by atoms with Gasteiger partial charge in [-0.25, -0.2) is 0 Å². The lowest BCUT2D eigenvalue weighted by atomic mass is 10.00. The highest BCUT2D eigenvalue weighted by atomic mass is 16.6. The van der Waals surface area contributed by atoms with Crippen molar-refractivity contribution < 1.29 is 28.6 Å². The SMILES string of the molecule is CCCCCCCCCC(=O)OC[C@@H](COC(=O)CCCCCCCCC(C)CC)OC(=O)CCCCCCCCCC(C)C. The third-order valence-corrected chi connectivity index (χ3v) is 8.83. The molecule has 0 aromatic carbocycles. The first-order chi connectivity index (χ1) is 21.8. The standard InChI is InChI=1S/C39H74O6/c1-6-8-9-10-12-19-24-29-37(40)43-32-36(45-39(42)31-26-21-14-11-13-17-22-27-34(3)4)33-44-38(41)30-25-20-16-15-18-23-28-35(5)7-2/h34-36H,6-33H2,1-5H3/t35?,36-/m0/s1. The van der Waals surface area contributed by atoms with E-state index in [1.54, 1.807) is 0 Å². The van der Waals surface area contributed by atoms with E-state index in [0.717, 1.165) is 69.6 Å². The molecule has 0 N–H and O–H groups in total. The number of rotatable bonds is 33. The fourth-order valence-electron chi connectivity index (χ4n) is 5.48. The summed E-state index contributed by atoms with van der Waals surface area (Å²) in [6.07, 6.45) is 26.8. The second kappa shape index (κ2) is 32.4. The molecule has 0 bridgehead atoms. The molecule has 0 aliphatic rings. The minimum absolute atomic E-state index is 0.0681. The lowest BCUT2D eigenvalue weighted by Gasteiger charge is -2.18. The maximum Gasteiger partial charge on any atom is 0.306 e. The van der Waals surface area contributed by atoms with Crippen molar-refractivity contribution in [3.05, 3.63) is 0 Å². The number of hydrogen-bond acceptors (Lipinski definition) is 6. The molecule has 0 fully saturated rings. The molecule has 45 heavy (non-hydrogen) atoms. The van der Waals surface area contributed by atoms with Crippen molar-refractivity contribution in [3.63, 3.8) is 0 Å². The zero-order valence-corrected chi connectivity index (χ0v) is 30.5. The normalized spacial score (nSPS) is 12.7. The third-order valence-electron chi connectivity index (χ3n) is 8.83. The molecule has 0 rings (SSSR count). The van der Waals surface area contributed by atoms with Gasteiger partial charge in [0.05, 0.1) is 0 Å². The Morgan fingerprint density at radius 3 is 1.27 bits per heavy atom. The van der Waals surface area contributed by atoms with E-state index >= 15 is 0 Å². The lowest BCUT2D eigenvalue weighted by molar-refractivity contribution is -0.167. The van der Waals surface area contributed by atoms with Gasteiger partial charge in [-0.2, -0.15) is 0 Å². The predicted molar refractivity (Wildman–Crippen MR) is 187 cm³/mol. The zero-order valence-electron chi connectivity index (χ0n) is 30.5. The van der Waals surface area contributed by atoms with Crippen LogP contribution in [0.3, 0.4) is 0 Å². The number of carbonyl (C=O) groups excluding carboxylic acids is 3. The number of esters is 3. The monoisotopic (exact) mass is 639 g/mol. The molecule has 0 radical (unpaired) electrons. The van der Waals surface area contributed by atoms with Crippen molar-refractivity contribution in [2.24, 2.45) is 11.8 Å². The van der Waals surface area contributed by atoms with E-state index in [1.165, 1.54) is 89.9 Å². The number of carbonyl (C=O) groups is 3. The van der Waals surface area contributed by atoms with Crippen LogP contribution in [0.25, 0.3) is 0 Å². The second-order valence-corrected chi connectivity index (χ2v) is 13.9.